The lowest BCUT2D eigenvalue weighted by Gasteiger charge is -2.31. The molecule has 0 saturated carbocycles. The minimum Gasteiger partial charge on any atom is -0.356 e. The maximum Gasteiger partial charge on any atom is 0.225 e. The highest BCUT2D eigenvalue weighted by Gasteiger charge is 2.25. The van der Waals surface area contributed by atoms with Crippen molar-refractivity contribution in [1.29, 1.82) is 0 Å². The second kappa shape index (κ2) is 9.86. The molecule has 2 aliphatic heterocycles. The Morgan fingerprint density at radius 1 is 1.15 bits per heavy atom. The number of aryl methyl sites for hydroxylation is 1. The van der Waals surface area contributed by atoms with E-state index in [-0.39, 0.29) is 11.8 Å². The molecule has 6 nitrogen and oxygen atoms in total. The van der Waals surface area contributed by atoms with Crippen molar-refractivity contribution in [3.63, 3.8) is 0 Å². The number of carbonyl (C=O) groups is 1. The van der Waals surface area contributed by atoms with Crippen molar-refractivity contribution in [2.75, 3.05) is 44.2 Å². The van der Waals surface area contributed by atoms with Gasteiger partial charge in [-0.05, 0) is 64.7 Å². The highest BCUT2D eigenvalue weighted by atomic mass is 16.1. The Hall–Kier alpha value is -1.69. The van der Waals surface area contributed by atoms with Crippen molar-refractivity contribution in [2.24, 2.45) is 5.92 Å². The lowest BCUT2D eigenvalue weighted by Crippen LogP contribution is -2.41. The van der Waals surface area contributed by atoms with Crippen LogP contribution in [-0.2, 0) is 4.79 Å². The standard InChI is InChI=1S/C20H33N5O/c1-17-7-11-22-20(23-17)25-15-8-18(9-16-25)19(26)21-10-6-14-24-12-4-2-3-5-13-24/h7,11,18H,2-6,8-10,12-16H2,1H3,(H,21,26). The van der Waals surface area contributed by atoms with Crippen LogP contribution in [0.4, 0.5) is 5.95 Å². The van der Waals surface area contributed by atoms with Crippen LogP contribution >= 0.6 is 0 Å². The minimum absolute atomic E-state index is 0.134. The van der Waals surface area contributed by atoms with Crippen molar-refractivity contribution in [1.82, 2.24) is 20.2 Å². The number of carbonyl (C=O) groups excluding carboxylic acids is 1. The molecular formula is C20H33N5O. The van der Waals surface area contributed by atoms with Crippen LogP contribution < -0.4 is 10.2 Å². The summed E-state index contributed by atoms with van der Waals surface area (Å²) in [6.07, 6.45) is 10.0. The molecular weight excluding hydrogens is 326 g/mol. The minimum atomic E-state index is 0.134. The van der Waals surface area contributed by atoms with E-state index in [1.54, 1.807) is 6.20 Å². The predicted molar refractivity (Wildman–Crippen MR) is 104 cm³/mol. The molecule has 0 atom stereocenters. The van der Waals surface area contributed by atoms with Crippen LogP contribution in [0.3, 0.4) is 0 Å². The number of nitrogens with one attached hydrogen (secondary N) is 1. The average Bonchev–Trinajstić information content (AvgIpc) is 2.94. The first-order valence-corrected chi connectivity index (χ1v) is 10.3. The van der Waals surface area contributed by atoms with E-state index in [0.717, 1.165) is 57.1 Å². The molecule has 144 valence electrons. The number of hydrogen-bond acceptors (Lipinski definition) is 5. The van der Waals surface area contributed by atoms with Gasteiger partial charge in [-0.3, -0.25) is 4.79 Å². The van der Waals surface area contributed by atoms with Crippen LogP contribution in [0.2, 0.25) is 0 Å². The number of piperidine rings is 1. The fourth-order valence-electron chi connectivity index (χ4n) is 3.95. The van der Waals surface area contributed by atoms with Gasteiger partial charge in [-0.15, -0.1) is 0 Å². The van der Waals surface area contributed by atoms with E-state index in [0.29, 0.717) is 0 Å². The molecule has 0 bridgehead atoms. The van der Waals surface area contributed by atoms with E-state index in [1.807, 2.05) is 13.0 Å². The summed E-state index contributed by atoms with van der Waals surface area (Å²) in [6, 6.07) is 1.91. The Bertz CT molecular complexity index is 563. The third-order valence-electron chi connectivity index (χ3n) is 5.58. The van der Waals surface area contributed by atoms with Gasteiger partial charge in [0.1, 0.15) is 0 Å². The highest BCUT2D eigenvalue weighted by molar-refractivity contribution is 5.78. The van der Waals surface area contributed by atoms with E-state index in [9.17, 15) is 4.79 Å². The average molecular weight is 360 g/mol. The van der Waals surface area contributed by atoms with Crippen molar-refractivity contribution < 1.29 is 4.79 Å². The number of likely N-dealkylation sites (tertiary alicyclic amines) is 1. The summed E-state index contributed by atoms with van der Waals surface area (Å²) < 4.78 is 0. The normalized spacial score (nSPS) is 20.0. The molecule has 1 N–H and O–H groups in total. The molecule has 2 aliphatic rings. The first kappa shape index (κ1) is 19.1. The van der Waals surface area contributed by atoms with Gasteiger partial charge < -0.3 is 15.1 Å². The van der Waals surface area contributed by atoms with Gasteiger partial charge in [-0.1, -0.05) is 12.8 Å². The first-order chi connectivity index (χ1) is 12.7. The SMILES string of the molecule is Cc1ccnc(N2CCC(C(=O)NCCCN3CCCCCC3)CC2)n1. The third-order valence-corrected chi connectivity index (χ3v) is 5.58. The molecule has 1 amide bonds. The molecule has 0 unspecified atom stereocenters. The Kier molecular flexibility index (Phi) is 7.23. The van der Waals surface area contributed by atoms with Gasteiger partial charge in [0.2, 0.25) is 11.9 Å². The third kappa shape index (κ3) is 5.66. The fourth-order valence-corrected chi connectivity index (χ4v) is 3.95. The summed E-state index contributed by atoms with van der Waals surface area (Å²) in [5.41, 5.74) is 0.985. The monoisotopic (exact) mass is 359 g/mol. The maximum absolute atomic E-state index is 12.4. The van der Waals surface area contributed by atoms with E-state index in [2.05, 4.69) is 25.1 Å². The zero-order valence-corrected chi connectivity index (χ0v) is 16.1. The van der Waals surface area contributed by atoms with E-state index >= 15 is 0 Å². The second-order valence-corrected chi connectivity index (χ2v) is 7.66. The zero-order valence-electron chi connectivity index (χ0n) is 16.1. The molecule has 1 aromatic rings. The number of hydrogen-bond donors (Lipinski definition) is 1. The fraction of sp³-hybridized carbons (Fsp3) is 0.750. The van der Waals surface area contributed by atoms with Crippen LogP contribution in [0, 0.1) is 12.8 Å². The molecule has 0 radical (unpaired) electrons. The number of rotatable bonds is 6. The van der Waals surface area contributed by atoms with Crippen LogP contribution in [-0.4, -0.2) is 60.0 Å². The molecule has 0 spiro atoms. The smallest absolute Gasteiger partial charge is 0.225 e. The van der Waals surface area contributed by atoms with E-state index < -0.39 is 0 Å². The lowest BCUT2D eigenvalue weighted by atomic mass is 9.96. The molecule has 2 fully saturated rings. The summed E-state index contributed by atoms with van der Waals surface area (Å²) in [7, 11) is 0. The summed E-state index contributed by atoms with van der Waals surface area (Å²) in [6.45, 7) is 8.07. The quantitative estimate of drug-likeness (QED) is 0.790. The molecule has 6 heteroatoms. The molecule has 1 aromatic heterocycles. The molecule has 2 saturated heterocycles. The molecule has 0 aliphatic carbocycles. The largest absolute Gasteiger partial charge is 0.356 e. The number of aromatic nitrogens is 2. The lowest BCUT2D eigenvalue weighted by molar-refractivity contribution is -0.125. The van der Waals surface area contributed by atoms with Gasteiger partial charge in [0.05, 0.1) is 0 Å². The Morgan fingerprint density at radius 2 is 1.88 bits per heavy atom. The summed E-state index contributed by atoms with van der Waals surface area (Å²) >= 11 is 0. The highest BCUT2D eigenvalue weighted by Crippen LogP contribution is 2.20. The molecule has 26 heavy (non-hydrogen) atoms. The van der Waals surface area contributed by atoms with Gasteiger partial charge in [0.25, 0.3) is 0 Å². The molecule has 3 heterocycles. The van der Waals surface area contributed by atoms with Gasteiger partial charge in [-0.2, -0.15) is 0 Å². The zero-order chi connectivity index (χ0) is 18.2. The Labute approximate surface area is 157 Å². The second-order valence-electron chi connectivity index (χ2n) is 7.66. The summed E-state index contributed by atoms with van der Waals surface area (Å²) in [4.78, 5) is 26.0. The van der Waals surface area contributed by atoms with Gasteiger partial charge >= 0.3 is 0 Å². The summed E-state index contributed by atoms with van der Waals surface area (Å²) in [5, 5.41) is 3.16. The number of anilines is 1. The predicted octanol–water partition coefficient (Wildman–Crippen LogP) is 2.38. The van der Waals surface area contributed by atoms with Crippen LogP contribution in [0.25, 0.3) is 0 Å². The van der Waals surface area contributed by atoms with Crippen molar-refractivity contribution >= 4 is 11.9 Å². The van der Waals surface area contributed by atoms with Crippen molar-refractivity contribution in [3.05, 3.63) is 18.0 Å². The van der Waals surface area contributed by atoms with Crippen LogP contribution in [0.15, 0.2) is 12.3 Å². The van der Waals surface area contributed by atoms with Crippen LogP contribution in [0.5, 0.6) is 0 Å². The topological polar surface area (TPSA) is 61.4 Å². The van der Waals surface area contributed by atoms with E-state index in [4.69, 9.17) is 0 Å². The van der Waals surface area contributed by atoms with Gasteiger partial charge in [-0.25, -0.2) is 9.97 Å². The molecule has 3 rings (SSSR count). The maximum atomic E-state index is 12.4. The number of amides is 1. The Balaban J connectivity index is 1.33. The Morgan fingerprint density at radius 3 is 2.58 bits per heavy atom. The summed E-state index contributed by atoms with van der Waals surface area (Å²) in [5.74, 6) is 1.15. The van der Waals surface area contributed by atoms with Crippen molar-refractivity contribution in [3.8, 4) is 0 Å². The van der Waals surface area contributed by atoms with Gasteiger partial charge in [0.15, 0.2) is 0 Å². The van der Waals surface area contributed by atoms with Crippen molar-refractivity contribution in [2.45, 2.75) is 51.9 Å². The molecule has 0 aromatic carbocycles. The van der Waals surface area contributed by atoms with Crippen LogP contribution in [0.1, 0.15) is 50.6 Å². The van der Waals surface area contributed by atoms with E-state index in [1.165, 1.54) is 38.8 Å². The number of nitrogens with zero attached hydrogens (tertiary/aromatic N) is 4. The van der Waals surface area contributed by atoms with Gasteiger partial charge in [0, 0.05) is 37.4 Å². The first-order valence-electron chi connectivity index (χ1n) is 10.3.